The van der Waals surface area contributed by atoms with Crippen LogP contribution in [0.1, 0.15) is 79.2 Å². The summed E-state index contributed by atoms with van der Waals surface area (Å²) in [5, 5.41) is 3.88. The molecule has 0 saturated carbocycles. The van der Waals surface area contributed by atoms with Gasteiger partial charge < -0.3 is 10.1 Å². The summed E-state index contributed by atoms with van der Waals surface area (Å²) in [6, 6.07) is 3.97. The Balaban J connectivity index is 0. The van der Waals surface area contributed by atoms with E-state index in [2.05, 4.69) is 19.2 Å². The van der Waals surface area contributed by atoms with Crippen LogP contribution < -0.4 is 10.1 Å². The van der Waals surface area contributed by atoms with Crippen LogP contribution in [-0.4, -0.2) is 13.2 Å². The molecule has 0 heterocycles. The van der Waals surface area contributed by atoms with Gasteiger partial charge in [0.05, 0.1) is 6.10 Å². The molecule has 23 heavy (non-hydrogen) atoms. The van der Waals surface area contributed by atoms with E-state index in [0.29, 0.717) is 6.10 Å². The van der Waals surface area contributed by atoms with Crippen LogP contribution in [0, 0.1) is 6.92 Å². The van der Waals surface area contributed by atoms with E-state index in [-0.39, 0.29) is 0 Å². The van der Waals surface area contributed by atoms with E-state index in [9.17, 15) is 0 Å². The number of halogens is 1. The minimum Gasteiger partial charge on any atom is -0.490 e. The lowest BCUT2D eigenvalue weighted by Gasteiger charge is -2.21. The van der Waals surface area contributed by atoms with Gasteiger partial charge in [-0.1, -0.05) is 72.4 Å². The largest absolute Gasteiger partial charge is 0.490 e. The van der Waals surface area contributed by atoms with Crippen molar-refractivity contribution in [1.82, 2.24) is 0 Å². The normalized spacial score (nSPS) is 10.7. The van der Waals surface area contributed by atoms with E-state index in [4.69, 9.17) is 16.3 Å². The van der Waals surface area contributed by atoms with Crippen molar-refractivity contribution in [2.24, 2.45) is 0 Å². The Kier molecular flexibility index (Phi) is 16.9. The second kappa shape index (κ2) is 16.0. The molecule has 0 aliphatic rings. The highest BCUT2D eigenvalue weighted by molar-refractivity contribution is 6.31. The third-order valence-corrected chi connectivity index (χ3v) is 3.76. The van der Waals surface area contributed by atoms with Crippen molar-refractivity contribution in [3.8, 4) is 5.75 Å². The van der Waals surface area contributed by atoms with Gasteiger partial charge in [-0.25, -0.2) is 0 Å². The van der Waals surface area contributed by atoms with E-state index in [1.165, 1.54) is 12.8 Å². The van der Waals surface area contributed by atoms with Gasteiger partial charge in [-0.05, 0) is 25.8 Å². The predicted molar refractivity (Wildman–Crippen MR) is 107 cm³/mol. The zero-order chi connectivity index (χ0) is 18.3. The molecule has 0 bridgehead atoms. The first-order valence-corrected chi connectivity index (χ1v) is 9.64. The maximum atomic E-state index is 6.24. The standard InChI is InChI=1S/C16H26ClNO.2C2H6/c1-5-7-9-14(8-6-2)19-16-11-13(18-4)10-15(17)12(16)3;2*1-2/h10-11,14,18H,5-9H2,1-4H3;2*1-2H3. The highest BCUT2D eigenvalue weighted by atomic mass is 35.5. The topological polar surface area (TPSA) is 21.3 Å². The minimum atomic E-state index is 0.298. The first kappa shape index (κ1) is 24.4. The van der Waals surface area contributed by atoms with Crippen LogP contribution in [0.4, 0.5) is 5.69 Å². The summed E-state index contributed by atoms with van der Waals surface area (Å²) < 4.78 is 6.19. The first-order valence-electron chi connectivity index (χ1n) is 9.26. The molecule has 3 heteroatoms. The molecule has 1 atom stereocenters. The Hall–Kier alpha value is -0.890. The molecule has 1 rings (SSSR count). The van der Waals surface area contributed by atoms with Gasteiger partial charge in [0.2, 0.25) is 0 Å². The smallest absolute Gasteiger partial charge is 0.126 e. The van der Waals surface area contributed by atoms with Gasteiger partial charge >= 0.3 is 0 Å². The minimum absolute atomic E-state index is 0.298. The second-order valence-electron chi connectivity index (χ2n) is 5.00. The Labute approximate surface area is 150 Å². The van der Waals surface area contributed by atoms with Crippen molar-refractivity contribution in [1.29, 1.82) is 0 Å². The Morgan fingerprint density at radius 1 is 1.04 bits per heavy atom. The summed E-state index contributed by atoms with van der Waals surface area (Å²) in [7, 11) is 1.89. The third-order valence-electron chi connectivity index (χ3n) is 3.37. The zero-order valence-corrected chi connectivity index (χ0v) is 17.3. The van der Waals surface area contributed by atoms with Gasteiger partial charge in [-0.3, -0.25) is 0 Å². The molecule has 1 aromatic carbocycles. The molecule has 1 aromatic rings. The molecule has 136 valence electrons. The van der Waals surface area contributed by atoms with E-state index in [0.717, 1.165) is 41.3 Å². The number of hydrogen-bond donors (Lipinski definition) is 1. The lowest BCUT2D eigenvalue weighted by Crippen LogP contribution is -2.17. The van der Waals surface area contributed by atoms with Crippen molar-refractivity contribution in [3.05, 3.63) is 22.7 Å². The second-order valence-corrected chi connectivity index (χ2v) is 5.41. The average Bonchev–Trinajstić information content (AvgIpc) is 2.60. The van der Waals surface area contributed by atoms with Gasteiger partial charge in [-0.2, -0.15) is 0 Å². The van der Waals surface area contributed by atoms with E-state index in [1.807, 2.05) is 53.8 Å². The van der Waals surface area contributed by atoms with Crippen LogP contribution in [0.2, 0.25) is 5.02 Å². The fraction of sp³-hybridized carbons (Fsp3) is 0.700. The van der Waals surface area contributed by atoms with Gasteiger partial charge in [0.1, 0.15) is 5.75 Å². The molecule has 0 radical (unpaired) electrons. The number of benzene rings is 1. The fourth-order valence-electron chi connectivity index (χ4n) is 2.12. The summed E-state index contributed by atoms with van der Waals surface area (Å²) in [5.41, 5.74) is 2.02. The SMILES string of the molecule is CC.CC.CCCCC(CCC)Oc1cc(NC)cc(Cl)c1C. The molecule has 0 amide bonds. The predicted octanol–water partition coefficient (Wildman–Crippen LogP) is 7.48. The van der Waals surface area contributed by atoms with Gasteiger partial charge in [0.15, 0.2) is 0 Å². The monoisotopic (exact) mass is 343 g/mol. The third kappa shape index (κ3) is 9.76. The van der Waals surface area contributed by atoms with Crippen LogP contribution in [0.15, 0.2) is 12.1 Å². The number of nitrogens with one attached hydrogen (secondary N) is 1. The molecule has 0 fully saturated rings. The number of unbranched alkanes of at least 4 members (excludes halogenated alkanes) is 1. The summed E-state index contributed by atoms with van der Waals surface area (Å²) >= 11 is 6.24. The fourth-order valence-corrected chi connectivity index (χ4v) is 2.33. The Morgan fingerprint density at radius 2 is 1.65 bits per heavy atom. The molecule has 1 unspecified atom stereocenters. The Bertz CT molecular complexity index is 393. The van der Waals surface area contributed by atoms with Gasteiger partial charge in [-0.15, -0.1) is 0 Å². The lowest BCUT2D eigenvalue weighted by atomic mass is 10.1. The van der Waals surface area contributed by atoms with E-state index < -0.39 is 0 Å². The van der Waals surface area contributed by atoms with Crippen molar-refractivity contribution >= 4 is 17.3 Å². The summed E-state index contributed by atoms with van der Waals surface area (Å²) in [6.07, 6.45) is 6.08. The van der Waals surface area contributed by atoms with Crippen LogP contribution in [0.3, 0.4) is 0 Å². The quantitative estimate of drug-likeness (QED) is 0.528. The van der Waals surface area contributed by atoms with Gasteiger partial charge in [0, 0.05) is 29.4 Å². The van der Waals surface area contributed by atoms with Crippen molar-refractivity contribution in [2.45, 2.75) is 86.7 Å². The van der Waals surface area contributed by atoms with Crippen LogP contribution >= 0.6 is 11.6 Å². The zero-order valence-electron chi connectivity index (χ0n) is 16.6. The molecule has 0 aliphatic carbocycles. The summed E-state index contributed by atoms with van der Waals surface area (Å²) in [6.45, 7) is 14.4. The summed E-state index contributed by atoms with van der Waals surface area (Å²) in [4.78, 5) is 0. The maximum absolute atomic E-state index is 6.24. The molecule has 1 N–H and O–H groups in total. The van der Waals surface area contributed by atoms with Crippen LogP contribution in [0.25, 0.3) is 0 Å². The van der Waals surface area contributed by atoms with Crippen LogP contribution in [-0.2, 0) is 0 Å². The maximum Gasteiger partial charge on any atom is 0.126 e. The molecular weight excluding hydrogens is 306 g/mol. The average molecular weight is 344 g/mol. The molecular formula is C20H38ClNO. The Morgan fingerprint density at radius 3 is 2.13 bits per heavy atom. The lowest BCUT2D eigenvalue weighted by molar-refractivity contribution is 0.175. The number of ether oxygens (including phenoxy) is 1. The van der Waals surface area contributed by atoms with Crippen molar-refractivity contribution in [3.63, 3.8) is 0 Å². The number of rotatable bonds is 8. The number of anilines is 1. The van der Waals surface area contributed by atoms with Crippen molar-refractivity contribution in [2.75, 3.05) is 12.4 Å². The summed E-state index contributed by atoms with van der Waals surface area (Å²) in [5.74, 6) is 0.909. The number of hydrogen-bond acceptors (Lipinski definition) is 2. The highest BCUT2D eigenvalue weighted by Crippen LogP contribution is 2.31. The van der Waals surface area contributed by atoms with E-state index in [1.54, 1.807) is 0 Å². The van der Waals surface area contributed by atoms with Gasteiger partial charge in [0.25, 0.3) is 0 Å². The molecule has 0 aromatic heterocycles. The molecule has 0 saturated heterocycles. The molecule has 2 nitrogen and oxygen atoms in total. The van der Waals surface area contributed by atoms with E-state index >= 15 is 0 Å². The van der Waals surface area contributed by atoms with Crippen molar-refractivity contribution < 1.29 is 4.74 Å². The first-order chi connectivity index (χ1) is 11.1. The molecule has 0 aliphatic heterocycles. The van der Waals surface area contributed by atoms with Crippen LogP contribution in [0.5, 0.6) is 5.75 Å². The highest BCUT2D eigenvalue weighted by Gasteiger charge is 2.13. The molecule has 0 spiro atoms.